The van der Waals surface area contributed by atoms with Crippen LogP contribution in [0.2, 0.25) is 0 Å². The van der Waals surface area contributed by atoms with Gasteiger partial charge in [-0.1, -0.05) is 26.2 Å². The zero-order valence-corrected chi connectivity index (χ0v) is 22.0. The Morgan fingerprint density at radius 1 is 1.11 bits per heavy atom. The van der Waals surface area contributed by atoms with Crippen LogP contribution in [0.1, 0.15) is 76.7 Å². The Kier molecular flexibility index (Phi) is 7.12. The minimum Gasteiger partial charge on any atom is -0.497 e. The number of rotatable bonds is 7. The number of benzene rings is 1. The number of aromatic amines is 1. The molecule has 1 aromatic carbocycles. The van der Waals surface area contributed by atoms with E-state index in [0.29, 0.717) is 11.6 Å². The average molecular weight is 494 g/mol. The summed E-state index contributed by atoms with van der Waals surface area (Å²) in [6.07, 6.45) is 7.53. The topological polar surface area (TPSA) is 92.2 Å². The van der Waals surface area contributed by atoms with Crippen LogP contribution >= 0.6 is 0 Å². The first kappa shape index (κ1) is 24.9. The van der Waals surface area contributed by atoms with E-state index in [2.05, 4.69) is 51.1 Å². The van der Waals surface area contributed by atoms with Crippen LogP contribution in [0, 0.1) is 0 Å². The van der Waals surface area contributed by atoms with E-state index in [1.165, 1.54) is 32.1 Å². The Hall–Kier alpha value is -2.78. The molecule has 1 aliphatic carbocycles. The second kappa shape index (κ2) is 10.3. The molecule has 2 fully saturated rings. The Morgan fingerprint density at radius 2 is 1.86 bits per heavy atom. The number of H-pyrrole nitrogens is 1. The molecule has 3 aromatic rings. The molecule has 2 aliphatic rings. The highest BCUT2D eigenvalue weighted by molar-refractivity contribution is 5.80. The molecule has 1 N–H and O–H groups in total. The standard InChI is InChI=1S/C27H39N7O2/c1-5-27(2,3)34-25(29-30-31-34)24(33-15-13-32(14-16-33)20-9-7-6-8-10-20)22-17-19-11-12-21(36-4)18-23(19)28-26(22)35/h11-12,17-18,20,24H,5-10,13-16H2,1-4H3,(H,28,35)/t24-/m0/s1. The van der Waals surface area contributed by atoms with Gasteiger partial charge in [-0.15, -0.1) is 5.10 Å². The molecule has 2 aromatic heterocycles. The fourth-order valence-corrected chi connectivity index (χ4v) is 5.78. The smallest absolute Gasteiger partial charge is 0.253 e. The number of pyridine rings is 1. The van der Waals surface area contributed by atoms with Crippen LogP contribution < -0.4 is 10.3 Å². The van der Waals surface area contributed by atoms with Crippen LogP contribution in [0.5, 0.6) is 5.75 Å². The number of hydrogen-bond acceptors (Lipinski definition) is 7. The fraction of sp³-hybridized carbons (Fsp3) is 0.630. The molecule has 9 heteroatoms. The SMILES string of the molecule is CCC(C)(C)n1nnnc1[C@H](c1cc2ccc(OC)cc2[nH]c1=O)N1CCN(C2CCCCC2)CC1. The lowest BCUT2D eigenvalue weighted by atomic mass is 9.93. The summed E-state index contributed by atoms with van der Waals surface area (Å²) in [7, 11) is 1.63. The minimum absolute atomic E-state index is 0.112. The molecule has 9 nitrogen and oxygen atoms in total. The molecule has 0 amide bonds. The van der Waals surface area contributed by atoms with Crippen molar-refractivity contribution < 1.29 is 4.74 Å². The molecular weight excluding hydrogens is 454 g/mol. The normalized spacial score (nSPS) is 19.6. The molecule has 0 spiro atoms. The van der Waals surface area contributed by atoms with Gasteiger partial charge >= 0.3 is 0 Å². The van der Waals surface area contributed by atoms with E-state index in [-0.39, 0.29) is 17.1 Å². The van der Waals surface area contributed by atoms with Crippen molar-refractivity contribution in [2.24, 2.45) is 0 Å². The third-order valence-electron chi connectivity index (χ3n) is 8.36. The lowest BCUT2D eigenvalue weighted by Gasteiger charge is -2.43. The van der Waals surface area contributed by atoms with Crippen LogP contribution in [0.15, 0.2) is 29.1 Å². The number of piperazine rings is 1. The first-order valence-corrected chi connectivity index (χ1v) is 13.4. The number of nitrogens with one attached hydrogen (secondary N) is 1. The predicted molar refractivity (Wildman–Crippen MR) is 140 cm³/mol. The number of ether oxygens (including phenoxy) is 1. The minimum atomic E-state index is -0.324. The van der Waals surface area contributed by atoms with Crippen molar-refractivity contribution >= 4 is 10.9 Å². The van der Waals surface area contributed by atoms with Gasteiger partial charge in [0, 0.05) is 43.9 Å². The molecule has 3 heterocycles. The number of tetrazole rings is 1. The Bertz CT molecular complexity index is 1240. The van der Waals surface area contributed by atoms with Gasteiger partial charge in [0.15, 0.2) is 5.82 Å². The van der Waals surface area contributed by atoms with Gasteiger partial charge in [-0.2, -0.15) is 0 Å². The summed E-state index contributed by atoms with van der Waals surface area (Å²) >= 11 is 0. The van der Waals surface area contributed by atoms with Gasteiger partial charge in [0.1, 0.15) is 11.8 Å². The average Bonchev–Trinajstić information content (AvgIpc) is 3.40. The molecule has 0 radical (unpaired) electrons. The van der Waals surface area contributed by atoms with Crippen molar-refractivity contribution in [3.63, 3.8) is 0 Å². The van der Waals surface area contributed by atoms with Crippen molar-refractivity contribution in [2.75, 3.05) is 33.3 Å². The highest BCUT2D eigenvalue weighted by atomic mass is 16.5. The zero-order chi connectivity index (χ0) is 25.3. The molecule has 0 unspecified atom stereocenters. The number of aromatic nitrogens is 5. The quantitative estimate of drug-likeness (QED) is 0.536. The second-order valence-electron chi connectivity index (χ2n) is 10.9. The number of hydrogen-bond donors (Lipinski definition) is 1. The highest BCUT2D eigenvalue weighted by Crippen LogP contribution is 2.32. The monoisotopic (exact) mass is 493 g/mol. The summed E-state index contributed by atoms with van der Waals surface area (Å²) in [6.45, 7) is 10.2. The van der Waals surface area contributed by atoms with Gasteiger partial charge in [-0.3, -0.25) is 14.6 Å². The maximum atomic E-state index is 13.5. The van der Waals surface area contributed by atoms with Crippen LogP contribution in [0.25, 0.3) is 10.9 Å². The summed E-state index contributed by atoms with van der Waals surface area (Å²) in [5, 5.41) is 13.9. The Morgan fingerprint density at radius 3 is 2.56 bits per heavy atom. The number of methoxy groups -OCH3 is 1. The first-order chi connectivity index (χ1) is 17.4. The second-order valence-corrected chi connectivity index (χ2v) is 10.9. The van der Waals surface area contributed by atoms with E-state index >= 15 is 0 Å². The van der Waals surface area contributed by atoms with E-state index in [4.69, 9.17) is 4.74 Å². The molecule has 5 rings (SSSR count). The van der Waals surface area contributed by atoms with Gasteiger partial charge in [-0.25, -0.2) is 4.68 Å². The van der Waals surface area contributed by atoms with Crippen LogP contribution in [-0.4, -0.2) is 74.3 Å². The lowest BCUT2D eigenvalue weighted by Crippen LogP contribution is -2.52. The number of nitrogens with zero attached hydrogens (tertiary/aromatic N) is 6. The summed E-state index contributed by atoms with van der Waals surface area (Å²) in [4.78, 5) is 21.7. The van der Waals surface area contributed by atoms with Crippen LogP contribution in [0.3, 0.4) is 0 Å². The molecule has 1 saturated carbocycles. The predicted octanol–water partition coefficient (Wildman–Crippen LogP) is 3.71. The zero-order valence-electron chi connectivity index (χ0n) is 22.0. The van der Waals surface area contributed by atoms with Gasteiger partial charge in [0.2, 0.25) is 0 Å². The van der Waals surface area contributed by atoms with E-state index < -0.39 is 0 Å². The van der Waals surface area contributed by atoms with Gasteiger partial charge in [0.25, 0.3) is 5.56 Å². The summed E-state index contributed by atoms with van der Waals surface area (Å²) < 4.78 is 7.27. The summed E-state index contributed by atoms with van der Waals surface area (Å²) in [5.74, 6) is 1.45. The molecule has 1 aliphatic heterocycles. The van der Waals surface area contributed by atoms with Crippen molar-refractivity contribution in [1.29, 1.82) is 0 Å². The largest absolute Gasteiger partial charge is 0.497 e. The van der Waals surface area contributed by atoms with Gasteiger partial charge in [-0.05, 0) is 67.1 Å². The molecule has 36 heavy (non-hydrogen) atoms. The highest BCUT2D eigenvalue weighted by Gasteiger charge is 2.36. The van der Waals surface area contributed by atoms with E-state index in [0.717, 1.165) is 55.1 Å². The van der Waals surface area contributed by atoms with E-state index in [9.17, 15) is 4.79 Å². The van der Waals surface area contributed by atoms with Crippen LogP contribution in [0.4, 0.5) is 0 Å². The van der Waals surface area contributed by atoms with E-state index in [1.54, 1.807) is 7.11 Å². The molecule has 1 atom stereocenters. The van der Waals surface area contributed by atoms with Gasteiger partial charge in [0.05, 0.1) is 18.2 Å². The maximum absolute atomic E-state index is 13.5. The maximum Gasteiger partial charge on any atom is 0.253 e. The van der Waals surface area contributed by atoms with Crippen molar-refractivity contribution in [3.05, 3.63) is 46.0 Å². The lowest BCUT2D eigenvalue weighted by molar-refractivity contribution is 0.0603. The molecule has 1 saturated heterocycles. The first-order valence-electron chi connectivity index (χ1n) is 13.4. The molecule has 194 valence electrons. The van der Waals surface area contributed by atoms with Crippen molar-refractivity contribution in [3.8, 4) is 5.75 Å². The number of fused-ring (bicyclic) bond motifs is 1. The molecular formula is C27H39N7O2. The third-order valence-corrected chi connectivity index (χ3v) is 8.36. The van der Waals surface area contributed by atoms with Crippen molar-refractivity contribution in [1.82, 2.24) is 35.0 Å². The Labute approximate surface area is 212 Å². The summed E-state index contributed by atoms with van der Waals surface area (Å²) in [6, 6.07) is 8.15. The molecule has 0 bridgehead atoms. The third kappa shape index (κ3) is 4.78. The van der Waals surface area contributed by atoms with Crippen LogP contribution in [-0.2, 0) is 5.54 Å². The fourth-order valence-electron chi connectivity index (χ4n) is 5.78. The summed E-state index contributed by atoms with van der Waals surface area (Å²) in [5.41, 5.74) is 1.07. The Balaban J connectivity index is 1.53. The van der Waals surface area contributed by atoms with Crippen molar-refractivity contribution in [2.45, 2.75) is 76.9 Å². The van der Waals surface area contributed by atoms with Gasteiger partial charge < -0.3 is 9.72 Å². The van der Waals surface area contributed by atoms with E-state index in [1.807, 2.05) is 28.9 Å².